The largest absolute Gasteiger partial charge is 0.462 e. The quantitative estimate of drug-likeness (QED) is 0.250. The molecule has 0 spiro atoms. The van der Waals surface area contributed by atoms with Crippen LogP contribution >= 0.6 is 0 Å². The van der Waals surface area contributed by atoms with E-state index in [9.17, 15) is 19.7 Å². The maximum absolute atomic E-state index is 12.1. The third kappa shape index (κ3) is 5.13. The Morgan fingerprint density at radius 2 is 1.52 bits per heavy atom. The first kappa shape index (κ1) is 18.1. The monoisotopic (exact) mass is 343 g/mol. The van der Waals surface area contributed by atoms with Crippen LogP contribution in [0.15, 0.2) is 48.5 Å². The van der Waals surface area contributed by atoms with Gasteiger partial charge in [-0.25, -0.2) is 9.59 Å². The summed E-state index contributed by atoms with van der Waals surface area (Å²) >= 11 is 0. The van der Waals surface area contributed by atoms with Crippen molar-refractivity contribution in [2.45, 2.75) is 19.8 Å². The molecule has 0 unspecified atom stereocenters. The third-order valence-electron chi connectivity index (χ3n) is 3.35. The van der Waals surface area contributed by atoms with Gasteiger partial charge in [0.1, 0.15) is 5.75 Å². The van der Waals surface area contributed by atoms with E-state index in [2.05, 4.69) is 0 Å². The predicted octanol–water partition coefficient (Wildman–Crippen LogP) is 3.77. The second-order valence-corrected chi connectivity index (χ2v) is 5.21. The van der Waals surface area contributed by atoms with Crippen LogP contribution in [0.1, 0.15) is 40.5 Å². The van der Waals surface area contributed by atoms with Crippen molar-refractivity contribution >= 4 is 17.6 Å². The van der Waals surface area contributed by atoms with Gasteiger partial charge in [-0.05, 0) is 42.8 Å². The first-order valence-corrected chi connectivity index (χ1v) is 7.75. The predicted molar refractivity (Wildman–Crippen MR) is 89.7 cm³/mol. The van der Waals surface area contributed by atoms with E-state index in [1.807, 2.05) is 6.92 Å². The first-order chi connectivity index (χ1) is 12.0. The number of nitrogens with zero attached hydrogens (tertiary/aromatic N) is 1. The number of carbonyl (C=O) groups is 2. The van der Waals surface area contributed by atoms with Crippen molar-refractivity contribution < 1.29 is 24.0 Å². The zero-order valence-electron chi connectivity index (χ0n) is 13.6. The Kier molecular flexibility index (Phi) is 6.22. The summed E-state index contributed by atoms with van der Waals surface area (Å²) in [6, 6.07) is 11.1. The number of hydrogen-bond acceptors (Lipinski definition) is 6. The van der Waals surface area contributed by atoms with E-state index < -0.39 is 16.9 Å². The Hall–Kier alpha value is -3.22. The zero-order valence-corrected chi connectivity index (χ0v) is 13.6. The lowest BCUT2D eigenvalue weighted by molar-refractivity contribution is -0.384. The molecule has 25 heavy (non-hydrogen) atoms. The summed E-state index contributed by atoms with van der Waals surface area (Å²) in [6.07, 6.45) is 1.73. The molecular weight excluding hydrogens is 326 g/mol. The maximum atomic E-state index is 12.1. The zero-order chi connectivity index (χ0) is 18.2. The molecule has 0 aliphatic carbocycles. The molecule has 2 aromatic carbocycles. The molecule has 0 heterocycles. The van der Waals surface area contributed by atoms with E-state index in [0.29, 0.717) is 12.2 Å². The topological polar surface area (TPSA) is 95.7 Å². The standard InChI is InChI=1S/C18H17NO6/c1-2-3-12-24-17(20)13-4-6-14(7-5-13)18(21)25-16-10-8-15(9-11-16)19(22)23/h4-11H,2-3,12H2,1H3. The van der Waals surface area contributed by atoms with Gasteiger partial charge in [0, 0.05) is 12.1 Å². The smallest absolute Gasteiger partial charge is 0.343 e. The summed E-state index contributed by atoms with van der Waals surface area (Å²) in [7, 11) is 0. The van der Waals surface area contributed by atoms with Crippen LogP contribution in [0.25, 0.3) is 0 Å². The molecule has 2 rings (SSSR count). The molecule has 0 aromatic heterocycles. The third-order valence-corrected chi connectivity index (χ3v) is 3.35. The molecule has 2 aromatic rings. The van der Waals surface area contributed by atoms with E-state index in [-0.39, 0.29) is 17.0 Å². The van der Waals surface area contributed by atoms with Gasteiger partial charge in [0.25, 0.3) is 5.69 Å². The molecule has 0 amide bonds. The Bertz CT molecular complexity index is 752. The summed E-state index contributed by atoms with van der Waals surface area (Å²) in [6.45, 7) is 2.36. The molecular formula is C18H17NO6. The van der Waals surface area contributed by atoms with Gasteiger partial charge in [-0.3, -0.25) is 10.1 Å². The fraction of sp³-hybridized carbons (Fsp3) is 0.222. The van der Waals surface area contributed by atoms with Gasteiger partial charge in [0.2, 0.25) is 0 Å². The van der Waals surface area contributed by atoms with Gasteiger partial charge < -0.3 is 9.47 Å². The minimum absolute atomic E-state index is 0.0919. The number of nitro benzene ring substituents is 1. The van der Waals surface area contributed by atoms with Crippen molar-refractivity contribution in [1.82, 2.24) is 0 Å². The van der Waals surface area contributed by atoms with Crippen LogP contribution in [-0.2, 0) is 4.74 Å². The number of rotatable bonds is 7. The van der Waals surface area contributed by atoms with Crippen molar-refractivity contribution in [1.29, 1.82) is 0 Å². The van der Waals surface area contributed by atoms with E-state index in [1.54, 1.807) is 0 Å². The normalized spacial score (nSPS) is 10.1. The van der Waals surface area contributed by atoms with Crippen molar-refractivity contribution in [2.75, 3.05) is 6.61 Å². The lowest BCUT2D eigenvalue weighted by Gasteiger charge is -2.06. The minimum atomic E-state index is -0.625. The highest BCUT2D eigenvalue weighted by Crippen LogP contribution is 2.18. The second kappa shape index (κ2) is 8.58. The van der Waals surface area contributed by atoms with Crippen molar-refractivity contribution in [3.63, 3.8) is 0 Å². The fourth-order valence-corrected chi connectivity index (χ4v) is 1.94. The van der Waals surface area contributed by atoms with Gasteiger partial charge in [-0.2, -0.15) is 0 Å². The molecule has 130 valence electrons. The van der Waals surface area contributed by atoms with Gasteiger partial charge in [0.05, 0.1) is 22.7 Å². The van der Waals surface area contributed by atoms with E-state index in [0.717, 1.165) is 12.8 Å². The molecule has 0 fully saturated rings. The lowest BCUT2D eigenvalue weighted by Crippen LogP contribution is -2.10. The molecule has 0 atom stereocenters. The number of benzene rings is 2. The number of non-ortho nitro benzene ring substituents is 1. The van der Waals surface area contributed by atoms with Gasteiger partial charge in [0.15, 0.2) is 0 Å². The number of nitro groups is 1. The molecule has 0 saturated heterocycles. The van der Waals surface area contributed by atoms with Crippen molar-refractivity contribution in [3.05, 3.63) is 69.8 Å². The number of unbranched alkanes of at least 4 members (excludes halogenated alkanes) is 1. The Labute approximate surface area is 144 Å². The number of carbonyl (C=O) groups excluding carboxylic acids is 2. The van der Waals surface area contributed by atoms with Crippen LogP contribution in [0.3, 0.4) is 0 Å². The molecule has 7 heteroatoms. The highest BCUT2D eigenvalue weighted by atomic mass is 16.6. The van der Waals surface area contributed by atoms with Gasteiger partial charge in [-0.1, -0.05) is 13.3 Å². The molecule has 0 bridgehead atoms. The molecule has 0 aliphatic rings. The van der Waals surface area contributed by atoms with Crippen LogP contribution in [0.5, 0.6) is 5.75 Å². The number of ether oxygens (including phenoxy) is 2. The second-order valence-electron chi connectivity index (χ2n) is 5.21. The van der Waals surface area contributed by atoms with Crippen molar-refractivity contribution in [3.8, 4) is 5.75 Å². The van der Waals surface area contributed by atoms with E-state index in [1.165, 1.54) is 48.5 Å². The Morgan fingerprint density at radius 3 is 2.04 bits per heavy atom. The highest BCUT2D eigenvalue weighted by molar-refractivity contribution is 5.94. The van der Waals surface area contributed by atoms with Gasteiger partial charge >= 0.3 is 11.9 Å². The first-order valence-electron chi connectivity index (χ1n) is 7.75. The average Bonchev–Trinajstić information content (AvgIpc) is 2.62. The van der Waals surface area contributed by atoms with Crippen LogP contribution in [0.4, 0.5) is 5.69 Å². The van der Waals surface area contributed by atoms with Crippen molar-refractivity contribution in [2.24, 2.45) is 0 Å². The number of esters is 2. The Morgan fingerprint density at radius 1 is 0.960 bits per heavy atom. The summed E-state index contributed by atoms with van der Waals surface area (Å²) in [4.78, 5) is 33.9. The molecule has 0 saturated carbocycles. The Balaban J connectivity index is 1.97. The van der Waals surface area contributed by atoms with Crippen LogP contribution < -0.4 is 4.74 Å². The summed E-state index contributed by atoms with van der Waals surface area (Å²) in [5.74, 6) is -0.873. The van der Waals surface area contributed by atoms with Crippen LogP contribution in [0, 0.1) is 10.1 Å². The van der Waals surface area contributed by atoms with Crippen LogP contribution in [0.2, 0.25) is 0 Å². The average molecular weight is 343 g/mol. The highest BCUT2D eigenvalue weighted by Gasteiger charge is 2.12. The SMILES string of the molecule is CCCCOC(=O)c1ccc(C(=O)Oc2ccc([N+](=O)[O-])cc2)cc1. The lowest BCUT2D eigenvalue weighted by atomic mass is 10.1. The minimum Gasteiger partial charge on any atom is -0.462 e. The van der Waals surface area contributed by atoms with Gasteiger partial charge in [-0.15, -0.1) is 0 Å². The summed E-state index contributed by atoms with van der Waals surface area (Å²) < 4.78 is 10.2. The van der Waals surface area contributed by atoms with E-state index >= 15 is 0 Å². The molecule has 0 N–H and O–H groups in total. The molecule has 7 nitrogen and oxygen atoms in total. The summed E-state index contributed by atoms with van der Waals surface area (Å²) in [5.41, 5.74) is 0.511. The number of hydrogen-bond donors (Lipinski definition) is 0. The van der Waals surface area contributed by atoms with E-state index in [4.69, 9.17) is 9.47 Å². The molecule has 0 aliphatic heterocycles. The molecule has 0 radical (unpaired) electrons. The van der Waals surface area contributed by atoms with Crippen LogP contribution in [-0.4, -0.2) is 23.5 Å². The summed E-state index contributed by atoms with van der Waals surface area (Å²) in [5, 5.41) is 10.6. The maximum Gasteiger partial charge on any atom is 0.343 e. The fourth-order valence-electron chi connectivity index (χ4n) is 1.94.